The minimum atomic E-state index is 0.115. The third-order valence-corrected chi connectivity index (χ3v) is 5.24. The number of amides is 1. The number of likely N-dealkylation sites (tertiary alicyclic amines) is 1. The van der Waals surface area contributed by atoms with Gasteiger partial charge < -0.3 is 14.5 Å². The van der Waals surface area contributed by atoms with Gasteiger partial charge in [0, 0.05) is 57.2 Å². The molecule has 0 spiro atoms. The standard InChI is InChI=1S/C21H27ClN4O2/c1-25(2)21-23-13-18(15-6-4-8-17(12-15)28-3)20(24-21)16-7-5-11-26(14-16)19(27)9-10-22/h4,6,8,12-13,16H,5,7,9-11,14H2,1-3H3. The van der Waals surface area contributed by atoms with Gasteiger partial charge in [0.1, 0.15) is 5.75 Å². The summed E-state index contributed by atoms with van der Waals surface area (Å²) in [5.74, 6) is 2.10. The Bertz CT molecular complexity index is 828. The molecule has 1 amide bonds. The zero-order valence-corrected chi connectivity index (χ0v) is 17.4. The number of carbonyl (C=O) groups excluding carboxylic acids is 1. The molecule has 1 aromatic heterocycles. The summed E-state index contributed by atoms with van der Waals surface area (Å²) in [6.45, 7) is 1.45. The average molecular weight is 403 g/mol. The van der Waals surface area contributed by atoms with Crippen molar-refractivity contribution in [2.45, 2.75) is 25.2 Å². The van der Waals surface area contributed by atoms with Crippen molar-refractivity contribution in [1.82, 2.24) is 14.9 Å². The lowest BCUT2D eigenvalue weighted by atomic mass is 9.89. The van der Waals surface area contributed by atoms with Crippen LogP contribution in [0.2, 0.25) is 0 Å². The molecule has 0 radical (unpaired) electrons. The summed E-state index contributed by atoms with van der Waals surface area (Å²) in [5, 5.41) is 0. The van der Waals surface area contributed by atoms with E-state index >= 15 is 0 Å². The first-order valence-electron chi connectivity index (χ1n) is 9.56. The second-order valence-corrected chi connectivity index (χ2v) is 7.59. The number of hydrogen-bond donors (Lipinski definition) is 0. The van der Waals surface area contributed by atoms with Crippen molar-refractivity contribution in [3.8, 4) is 16.9 Å². The SMILES string of the molecule is COc1cccc(-c2cnc(N(C)C)nc2C2CCCN(C(=O)CCCl)C2)c1. The number of ether oxygens (including phenoxy) is 1. The second-order valence-electron chi connectivity index (χ2n) is 7.21. The summed E-state index contributed by atoms with van der Waals surface area (Å²) in [7, 11) is 5.52. The molecular formula is C21H27ClN4O2. The quantitative estimate of drug-likeness (QED) is 0.691. The van der Waals surface area contributed by atoms with Crippen LogP contribution in [0.1, 0.15) is 30.9 Å². The van der Waals surface area contributed by atoms with Gasteiger partial charge in [-0.3, -0.25) is 4.79 Å². The molecule has 1 aliphatic rings. The Balaban J connectivity index is 1.99. The van der Waals surface area contributed by atoms with Crippen LogP contribution in [0.25, 0.3) is 11.1 Å². The zero-order valence-electron chi connectivity index (χ0n) is 16.7. The van der Waals surface area contributed by atoms with Crippen LogP contribution >= 0.6 is 11.6 Å². The molecule has 1 aromatic carbocycles. The second kappa shape index (κ2) is 9.24. The van der Waals surface area contributed by atoms with Crippen LogP contribution in [0.4, 0.5) is 5.95 Å². The molecule has 1 aliphatic heterocycles. The predicted octanol–water partition coefficient (Wildman–Crippen LogP) is 3.55. The van der Waals surface area contributed by atoms with Gasteiger partial charge in [-0.05, 0) is 30.5 Å². The van der Waals surface area contributed by atoms with Gasteiger partial charge in [0.05, 0.1) is 12.8 Å². The van der Waals surface area contributed by atoms with E-state index in [4.69, 9.17) is 21.3 Å². The number of carbonyl (C=O) groups is 1. The molecular weight excluding hydrogens is 376 g/mol. The molecule has 150 valence electrons. The highest BCUT2D eigenvalue weighted by Crippen LogP contribution is 2.35. The fourth-order valence-electron chi connectivity index (χ4n) is 3.59. The molecule has 0 N–H and O–H groups in total. The van der Waals surface area contributed by atoms with E-state index in [1.165, 1.54) is 0 Å². The summed E-state index contributed by atoms with van der Waals surface area (Å²) < 4.78 is 5.38. The normalized spacial score (nSPS) is 16.7. The van der Waals surface area contributed by atoms with Crippen molar-refractivity contribution >= 4 is 23.5 Å². The van der Waals surface area contributed by atoms with Crippen molar-refractivity contribution in [3.05, 3.63) is 36.2 Å². The molecule has 7 heteroatoms. The number of halogens is 1. The number of methoxy groups -OCH3 is 1. The van der Waals surface area contributed by atoms with E-state index in [0.717, 1.165) is 42.0 Å². The number of alkyl halides is 1. The topological polar surface area (TPSA) is 58.6 Å². The highest BCUT2D eigenvalue weighted by atomic mass is 35.5. The molecule has 0 aliphatic carbocycles. The summed E-state index contributed by atoms with van der Waals surface area (Å²) in [5.41, 5.74) is 2.99. The molecule has 1 saturated heterocycles. The van der Waals surface area contributed by atoms with Crippen molar-refractivity contribution in [1.29, 1.82) is 0 Å². The Morgan fingerprint density at radius 2 is 2.21 bits per heavy atom. The maximum atomic E-state index is 12.4. The Morgan fingerprint density at radius 3 is 2.93 bits per heavy atom. The van der Waals surface area contributed by atoms with E-state index in [1.54, 1.807) is 7.11 Å². The first-order valence-corrected chi connectivity index (χ1v) is 10.1. The smallest absolute Gasteiger partial charge is 0.225 e. The molecule has 1 unspecified atom stereocenters. The van der Waals surface area contributed by atoms with Gasteiger partial charge >= 0.3 is 0 Å². The third-order valence-electron chi connectivity index (χ3n) is 5.06. The van der Waals surface area contributed by atoms with E-state index in [0.29, 0.717) is 24.8 Å². The minimum absolute atomic E-state index is 0.115. The van der Waals surface area contributed by atoms with Crippen molar-refractivity contribution in [2.75, 3.05) is 45.1 Å². The molecule has 2 heterocycles. The van der Waals surface area contributed by atoms with Crippen LogP contribution in [0.15, 0.2) is 30.5 Å². The summed E-state index contributed by atoms with van der Waals surface area (Å²) in [6, 6.07) is 7.93. The lowest BCUT2D eigenvalue weighted by molar-refractivity contribution is -0.131. The van der Waals surface area contributed by atoms with Gasteiger partial charge in [-0.2, -0.15) is 0 Å². The number of hydrogen-bond acceptors (Lipinski definition) is 5. The van der Waals surface area contributed by atoms with Crippen LogP contribution in [-0.4, -0.2) is 60.9 Å². The lowest BCUT2D eigenvalue weighted by Crippen LogP contribution is -2.39. The van der Waals surface area contributed by atoms with Crippen LogP contribution in [0.3, 0.4) is 0 Å². The number of anilines is 1. The average Bonchev–Trinajstić information content (AvgIpc) is 2.73. The number of benzene rings is 1. The number of rotatable bonds is 6. The fourth-order valence-corrected chi connectivity index (χ4v) is 3.75. The molecule has 0 saturated carbocycles. The van der Waals surface area contributed by atoms with Gasteiger partial charge in [0.25, 0.3) is 0 Å². The maximum absolute atomic E-state index is 12.4. The van der Waals surface area contributed by atoms with Gasteiger partial charge in [-0.15, -0.1) is 11.6 Å². The lowest BCUT2D eigenvalue weighted by Gasteiger charge is -2.33. The van der Waals surface area contributed by atoms with Gasteiger partial charge in [0.2, 0.25) is 11.9 Å². The third kappa shape index (κ3) is 4.55. The number of nitrogens with zero attached hydrogens (tertiary/aromatic N) is 4. The van der Waals surface area contributed by atoms with Crippen LogP contribution in [0.5, 0.6) is 5.75 Å². The maximum Gasteiger partial charge on any atom is 0.225 e. The molecule has 1 atom stereocenters. The van der Waals surface area contributed by atoms with E-state index in [-0.39, 0.29) is 11.8 Å². The molecule has 28 heavy (non-hydrogen) atoms. The fraction of sp³-hybridized carbons (Fsp3) is 0.476. The monoisotopic (exact) mass is 402 g/mol. The Kier molecular flexibility index (Phi) is 6.73. The summed E-state index contributed by atoms with van der Waals surface area (Å²) >= 11 is 5.77. The van der Waals surface area contributed by atoms with Crippen molar-refractivity contribution in [2.24, 2.45) is 0 Å². The summed E-state index contributed by atoms with van der Waals surface area (Å²) in [6.07, 6.45) is 4.21. The Morgan fingerprint density at radius 1 is 1.39 bits per heavy atom. The summed E-state index contributed by atoms with van der Waals surface area (Å²) in [4.78, 5) is 25.6. The van der Waals surface area contributed by atoms with Crippen molar-refractivity contribution < 1.29 is 9.53 Å². The largest absolute Gasteiger partial charge is 0.497 e. The molecule has 6 nitrogen and oxygen atoms in total. The first-order chi connectivity index (χ1) is 13.5. The van der Waals surface area contributed by atoms with Crippen LogP contribution in [0, 0.1) is 0 Å². The molecule has 2 aromatic rings. The number of piperidine rings is 1. The van der Waals surface area contributed by atoms with Gasteiger partial charge in [-0.1, -0.05) is 12.1 Å². The van der Waals surface area contributed by atoms with Gasteiger partial charge in [-0.25, -0.2) is 9.97 Å². The van der Waals surface area contributed by atoms with E-state index < -0.39 is 0 Å². The van der Waals surface area contributed by atoms with Gasteiger partial charge in [0.15, 0.2) is 0 Å². The predicted molar refractivity (Wildman–Crippen MR) is 112 cm³/mol. The highest BCUT2D eigenvalue weighted by Gasteiger charge is 2.28. The molecule has 1 fully saturated rings. The van der Waals surface area contributed by atoms with Crippen molar-refractivity contribution in [3.63, 3.8) is 0 Å². The Hall–Kier alpha value is -2.34. The highest BCUT2D eigenvalue weighted by molar-refractivity contribution is 6.18. The molecule has 0 bridgehead atoms. The van der Waals surface area contributed by atoms with Crippen LogP contribution < -0.4 is 9.64 Å². The molecule has 3 rings (SSSR count). The van der Waals surface area contributed by atoms with E-state index in [1.807, 2.05) is 54.4 Å². The van der Waals surface area contributed by atoms with E-state index in [2.05, 4.69) is 4.98 Å². The Labute approximate surface area is 171 Å². The first kappa shape index (κ1) is 20.4. The van der Waals surface area contributed by atoms with Crippen LogP contribution in [-0.2, 0) is 4.79 Å². The number of aromatic nitrogens is 2. The van der Waals surface area contributed by atoms with E-state index in [9.17, 15) is 4.79 Å². The zero-order chi connectivity index (χ0) is 20.1. The minimum Gasteiger partial charge on any atom is -0.497 e.